The lowest BCUT2D eigenvalue weighted by Gasteiger charge is -2.13. The second-order valence-electron chi connectivity index (χ2n) is 6.23. The van der Waals surface area contributed by atoms with Crippen LogP contribution >= 0.6 is 0 Å². The van der Waals surface area contributed by atoms with Crippen molar-refractivity contribution in [3.05, 3.63) is 108 Å². The van der Waals surface area contributed by atoms with Gasteiger partial charge in [0, 0.05) is 11.5 Å². The number of hydrogen-bond donors (Lipinski definition) is 0. The third kappa shape index (κ3) is 4.23. The third-order valence-electron chi connectivity index (χ3n) is 4.27. The molecule has 0 bridgehead atoms. The smallest absolute Gasteiger partial charge is 0.206 e. The monoisotopic (exact) mass is 376 g/mol. The number of allylic oxidation sites excluding steroid dienone is 1. The molecule has 0 saturated carbocycles. The Kier molecular flexibility index (Phi) is 5.67. The molecule has 0 spiro atoms. The van der Waals surface area contributed by atoms with E-state index in [0.717, 1.165) is 0 Å². The van der Waals surface area contributed by atoms with Crippen molar-refractivity contribution >= 4 is 20.5 Å². The predicted octanol–water partition coefficient (Wildman–Crippen LogP) is 5.02. The van der Waals surface area contributed by atoms with Gasteiger partial charge in [0.25, 0.3) is 0 Å². The minimum Gasteiger partial charge on any atom is -0.294 e. The van der Waals surface area contributed by atoms with Crippen LogP contribution in [0, 0.1) is 5.92 Å². The maximum Gasteiger partial charge on any atom is 0.206 e. The molecule has 3 aromatic rings. The summed E-state index contributed by atoms with van der Waals surface area (Å²) in [5, 5.41) is 0. The zero-order valence-corrected chi connectivity index (χ0v) is 15.8. The van der Waals surface area contributed by atoms with E-state index in [1.165, 1.54) is 0 Å². The lowest BCUT2D eigenvalue weighted by atomic mass is 9.98. The first-order chi connectivity index (χ1) is 13.0. The summed E-state index contributed by atoms with van der Waals surface area (Å²) in [5.74, 6) is -0.701. The molecular formula is C23H20O3S. The maximum absolute atomic E-state index is 13.2. The van der Waals surface area contributed by atoms with Crippen LogP contribution in [0.25, 0.3) is 4.91 Å². The van der Waals surface area contributed by atoms with Crippen molar-refractivity contribution in [2.24, 2.45) is 5.92 Å². The zero-order chi connectivity index (χ0) is 19.3. The van der Waals surface area contributed by atoms with E-state index in [4.69, 9.17) is 0 Å². The molecule has 0 N–H and O–H groups in total. The first kappa shape index (κ1) is 18.8. The highest BCUT2D eigenvalue weighted by atomic mass is 32.2. The first-order valence-electron chi connectivity index (χ1n) is 8.67. The van der Waals surface area contributed by atoms with Gasteiger partial charge in [0.2, 0.25) is 9.84 Å². The summed E-state index contributed by atoms with van der Waals surface area (Å²) in [7, 11) is -3.76. The van der Waals surface area contributed by atoms with E-state index in [9.17, 15) is 13.2 Å². The van der Waals surface area contributed by atoms with E-state index in [1.807, 2.05) is 12.1 Å². The second-order valence-corrected chi connectivity index (χ2v) is 8.15. The topological polar surface area (TPSA) is 51.2 Å². The Balaban J connectivity index is 2.08. The Labute approximate surface area is 159 Å². The molecule has 3 nitrogen and oxygen atoms in total. The van der Waals surface area contributed by atoms with Gasteiger partial charge in [-0.1, -0.05) is 91.9 Å². The molecule has 0 radical (unpaired) electrons. The van der Waals surface area contributed by atoms with Gasteiger partial charge in [0.05, 0.1) is 9.80 Å². The molecule has 4 heteroatoms. The number of carbonyl (C=O) groups excluding carboxylic acids is 1. The van der Waals surface area contributed by atoms with E-state index in [0.29, 0.717) is 11.1 Å². The van der Waals surface area contributed by atoms with E-state index >= 15 is 0 Å². The largest absolute Gasteiger partial charge is 0.294 e. The summed E-state index contributed by atoms with van der Waals surface area (Å²) in [4.78, 5) is 13.1. The Hall–Kier alpha value is -2.98. The highest BCUT2D eigenvalue weighted by Gasteiger charge is 2.24. The summed E-state index contributed by atoms with van der Waals surface area (Å²) in [5.41, 5.74) is 1.12. The molecule has 0 aliphatic rings. The first-order valence-corrected chi connectivity index (χ1v) is 10.1. The molecule has 0 amide bonds. The van der Waals surface area contributed by atoms with Crippen molar-refractivity contribution in [3.63, 3.8) is 0 Å². The highest BCUT2D eigenvalue weighted by Crippen LogP contribution is 2.29. The minimum absolute atomic E-state index is 0.118. The standard InChI is InChI=1S/C23H20O3S/c1-18(23(24)20-13-7-3-8-14-20)17-22(19-11-5-2-6-12-19)27(25,26)21-15-9-4-10-16-21/h2-18H,1H3/b22-17-. The summed E-state index contributed by atoms with van der Waals surface area (Å²) in [6.45, 7) is 1.72. The molecule has 0 heterocycles. The lowest BCUT2D eigenvalue weighted by molar-refractivity contribution is 0.0953. The Morgan fingerprint density at radius 1 is 0.741 bits per heavy atom. The third-order valence-corrected chi connectivity index (χ3v) is 6.12. The van der Waals surface area contributed by atoms with Crippen LogP contribution in [0.2, 0.25) is 0 Å². The van der Waals surface area contributed by atoms with Crippen LogP contribution in [-0.2, 0) is 9.84 Å². The fourth-order valence-corrected chi connectivity index (χ4v) is 4.44. The number of benzene rings is 3. The molecular weight excluding hydrogens is 356 g/mol. The molecule has 0 fully saturated rings. The fraction of sp³-hybridized carbons (Fsp3) is 0.0870. The van der Waals surface area contributed by atoms with Gasteiger partial charge in [-0.15, -0.1) is 0 Å². The summed E-state index contributed by atoms with van der Waals surface area (Å²) in [6.07, 6.45) is 1.55. The molecule has 0 aliphatic carbocycles. The Bertz CT molecular complexity index is 1040. The van der Waals surface area contributed by atoms with Gasteiger partial charge in [-0.2, -0.15) is 0 Å². The van der Waals surface area contributed by atoms with Crippen LogP contribution in [0.5, 0.6) is 0 Å². The number of sulfone groups is 1. The second kappa shape index (κ2) is 8.14. The van der Waals surface area contributed by atoms with Crippen LogP contribution < -0.4 is 0 Å². The molecule has 3 rings (SSSR count). The quantitative estimate of drug-likeness (QED) is 0.568. The van der Waals surface area contributed by atoms with Crippen molar-refractivity contribution in [1.82, 2.24) is 0 Å². The molecule has 1 atom stereocenters. The molecule has 136 valence electrons. The van der Waals surface area contributed by atoms with Crippen LogP contribution in [-0.4, -0.2) is 14.2 Å². The van der Waals surface area contributed by atoms with Crippen LogP contribution in [0.3, 0.4) is 0 Å². The van der Waals surface area contributed by atoms with E-state index in [2.05, 4.69) is 0 Å². The SMILES string of the molecule is CC(/C=C(/c1ccccc1)S(=O)(=O)c1ccccc1)C(=O)c1ccccc1. The number of Topliss-reactive ketones (excluding diaryl/α,β-unsaturated/α-hetero) is 1. The number of rotatable bonds is 6. The summed E-state index contributed by atoms with van der Waals surface area (Å²) >= 11 is 0. The Morgan fingerprint density at radius 3 is 1.70 bits per heavy atom. The van der Waals surface area contributed by atoms with Gasteiger partial charge < -0.3 is 0 Å². The molecule has 0 aliphatic heterocycles. The molecule has 27 heavy (non-hydrogen) atoms. The average molecular weight is 376 g/mol. The maximum atomic E-state index is 13.2. The van der Waals surface area contributed by atoms with Gasteiger partial charge >= 0.3 is 0 Å². The van der Waals surface area contributed by atoms with Gasteiger partial charge in [-0.05, 0) is 17.7 Å². The van der Waals surface area contributed by atoms with E-state index in [1.54, 1.807) is 91.9 Å². The van der Waals surface area contributed by atoms with Crippen molar-refractivity contribution < 1.29 is 13.2 Å². The van der Waals surface area contributed by atoms with Crippen molar-refractivity contribution in [2.75, 3.05) is 0 Å². The van der Waals surface area contributed by atoms with Gasteiger partial charge in [0.15, 0.2) is 5.78 Å². The van der Waals surface area contributed by atoms with Gasteiger partial charge in [0.1, 0.15) is 0 Å². The Morgan fingerprint density at radius 2 is 1.19 bits per heavy atom. The van der Waals surface area contributed by atoms with Crippen molar-refractivity contribution in [2.45, 2.75) is 11.8 Å². The van der Waals surface area contributed by atoms with Crippen LogP contribution in [0.1, 0.15) is 22.8 Å². The molecule has 3 aromatic carbocycles. The molecule has 1 unspecified atom stereocenters. The highest BCUT2D eigenvalue weighted by molar-refractivity contribution is 8.00. The zero-order valence-electron chi connectivity index (χ0n) is 14.9. The minimum atomic E-state index is -3.76. The predicted molar refractivity (Wildman–Crippen MR) is 108 cm³/mol. The van der Waals surface area contributed by atoms with E-state index in [-0.39, 0.29) is 15.6 Å². The fourth-order valence-electron chi connectivity index (χ4n) is 2.84. The lowest BCUT2D eigenvalue weighted by Crippen LogP contribution is -2.12. The number of ketones is 1. The number of carbonyl (C=O) groups is 1. The number of hydrogen-bond acceptors (Lipinski definition) is 3. The van der Waals surface area contributed by atoms with Crippen LogP contribution in [0.4, 0.5) is 0 Å². The van der Waals surface area contributed by atoms with Gasteiger partial charge in [-0.3, -0.25) is 4.79 Å². The van der Waals surface area contributed by atoms with Crippen molar-refractivity contribution in [3.8, 4) is 0 Å². The van der Waals surface area contributed by atoms with Crippen LogP contribution in [0.15, 0.2) is 102 Å². The van der Waals surface area contributed by atoms with E-state index < -0.39 is 15.8 Å². The summed E-state index contributed by atoms with van der Waals surface area (Å²) in [6, 6.07) is 26.1. The normalized spacial score (nSPS) is 13.1. The van der Waals surface area contributed by atoms with Crippen molar-refractivity contribution in [1.29, 1.82) is 0 Å². The van der Waals surface area contributed by atoms with Gasteiger partial charge in [-0.25, -0.2) is 8.42 Å². The molecule has 0 aromatic heterocycles. The average Bonchev–Trinajstić information content (AvgIpc) is 2.73. The summed E-state index contributed by atoms with van der Waals surface area (Å²) < 4.78 is 26.5. The molecule has 0 saturated heterocycles.